The first-order valence-corrected chi connectivity index (χ1v) is 9.34. The minimum Gasteiger partial charge on any atom is -0.483 e. The summed E-state index contributed by atoms with van der Waals surface area (Å²) in [6.07, 6.45) is 0. The van der Waals surface area contributed by atoms with E-state index < -0.39 is 21.7 Å². The maximum absolute atomic E-state index is 13.0. The molecule has 0 atom stereocenters. The van der Waals surface area contributed by atoms with Crippen molar-refractivity contribution in [2.24, 2.45) is 0 Å². The second-order valence-electron chi connectivity index (χ2n) is 5.23. The second kappa shape index (κ2) is 7.94. The van der Waals surface area contributed by atoms with Crippen molar-refractivity contribution in [2.45, 2.75) is 4.90 Å². The standard InChI is InChI=1S/C16H16BrFN2O4S/c1-20(2)25(22,23)13-5-3-4-12(9-13)19-16(21)10-24-15-7-6-11(18)8-14(15)17/h3-9H,10H2,1-2H3,(H,19,21). The monoisotopic (exact) mass is 430 g/mol. The van der Waals surface area contributed by atoms with Gasteiger partial charge in [0, 0.05) is 19.8 Å². The molecule has 0 radical (unpaired) electrons. The summed E-state index contributed by atoms with van der Waals surface area (Å²) in [4.78, 5) is 12.0. The second-order valence-corrected chi connectivity index (χ2v) is 8.23. The third-order valence-corrected chi connectivity index (χ3v) is 5.58. The predicted octanol–water partition coefficient (Wildman–Crippen LogP) is 2.86. The smallest absolute Gasteiger partial charge is 0.262 e. The lowest BCUT2D eigenvalue weighted by Crippen LogP contribution is -2.23. The van der Waals surface area contributed by atoms with E-state index in [1.54, 1.807) is 6.07 Å². The van der Waals surface area contributed by atoms with Crippen LogP contribution >= 0.6 is 15.9 Å². The van der Waals surface area contributed by atoms with Gasteiger partial charge >= 0.3 is 0 Å². The number of hydrogen-bond acceptors (Lipinski definition) is 4. The number of sulfonamides is 1. The quantitative estimate of drug-likeness (QED) is 0.764. The number of ether oxygens (including phenoxy) is 1. The van der Waals surface area contributed by atoms with E-state index in [0.29, 0.717) is 15.9 Å². The Bertz CT molecular complexity index is 887. The molecule has 0 aliphatic rings. The number of benzene rings is 2. The van der Waals surface area contributed by atoms with Gasteiger partial charge in [-0.3, -0.25) is 4.79 Å². The Morgan fingerprint density at radius 3 is 2.60 bits per heavy atom. The topological polar surface area (TPSA) is 75.7 Å². The number of amides is 1. The number of halogens is 2. The van der Waals surface area contributed by atoms with E-state index in [0.717, 1.165) is 4.31 Å². The number of nitrogens with zero attached hydrogens (tertiary/aromatic N) is 1. The average Bonchev–Trinajstić information content (AvgIpc) is 2.54. The van der Waals surface area contributed by atoms with Crippen molar-refractivity contribution in [3.8, 4) is 5.75 Å². The molecule has 6 nitrogen and oxygen atoms in total. The van der Waals surface area contributed by atoms with Crippen LogP contribution in [0, 0.1) is 5.82 Å². The highest BCUT2D eigenvalue weighted by atomic mass is 79.9. The van der Waals surface area contributed by atoms with Gasteiger partial charge in [-0.25, -0.2) is 17.1 Å². The molecule has 25 heavy (non-hydrogen) atoms. The molecule has 0 bridgehead atoms. The normalized spacial score (nSPS) is 11.4. The molecule has 0 aromatic heterocycles. The van der Waals surface area contributed by atoms with Crippen LogP contribution in [0.1, 0.15) is 0 Å². The van der Waals surface area contributed by atoms with E-state index in [4.69, 9.17) is 4.74 Å². The van der Waals surface area contributed by atoms with Crippen molar-refractivity contribution in [1.29, 1.82) is 0 Å². The van der Waals surface area contributed by atoms with Gasteiger partial charge in [0.1, 0.15) is 11.6 Å². The van der Waals surface area contributed by atoms with Crippen LogP contribution in [0.3, 0.4) is 0 Å². The van der Waals surface area contributed by atoms with Crippen molar-refractivity contribution in [3.05, 3.63) is 52.8 Å². The summed E-state index contributed by atoms with van der Waals surface area (Å²) >= 11 is 3.14. The molecule has 0 saturated heterocycles. The van der Waals surface area contributed by atoms with Gasteiger partial charge in [-0.2, -0.15) is 0 Å². The van der Waals surface area contributed by atoms with Gasteiger partial charge in [0.2, 0.25) is 10.0 Å². The van der Waals surface area contributed by atoms with Gasteiger partial charge in [-0.1, -0.05) is 6.07 Å². The third-order valence-electron chi connectivity index (χ3n) is 3.15. The lowest BCUT2D eigenvalue weighted by Gasteiger charge is -2.13. The van der Waals surface area contributed by atoms with E-state index >= 15 is 0 Å². The molecule has 0 unspecified atom stereocenters. The van der Waals surface area contributed by atoms with E-state index in [-0.39, 0.29) is 11.5 Å². The Balaban J connectivity index is 2.03. The molecule has 0 heterocycles. The molecule has 0 spiro atoms. The Morgan fingerprint density at radius 2 is 1.96 bits per heavy atom. The summed E-state index contributed by atoms with van der Waals surface area (Å²) in [6, 6.07) is 9.75. The van der Waals surface area contributed by atoms with Crippen molar-refractivity contribution in [1.82, 2.24) is 4.31 Å². The lowest BCUT2D eigenvalue weighted by molar-refractivity contribution is -0.118. The molecule has 2 aromatic carbocycles. The molecular formula is C16H16BrFN2O4S. The van der Waals surface area contributed by atoms with E-state index in [1.807, 2.05) is 0 Å². The van der Waals surface area contributed by atoms with Crippen LogP contribution in [-0.4, -0.2) is 39.3 Å². The van der Waals surface area contributed by atoms with Gasteiger partial charge < -0.3 is 10.1 Å². The summed E-state index contributed by atoms with van der Waals surface area (Å²) in [6.45, 7) is -0.311. The Morgan fingerprint density at radius 1 is 1.24 bits per heavy atom. The molecule has 0 aliphatic heterocycles. The molecule has 0 saturated carbocycles. The van der Waals surface area contributed by atoms with Crippen LogP contribution in [-0.2, 0) is 14.8 Å². The predicted molar refractivity (Wildman–Crippen MR) is 95.5 cm³/mol. The van der Waals surface area contributed by atoms with E-state index in [9.17, 15) is 17.6 Å². The first-order chi connectivity index (χ1) is 11.7. The molecule has 0 aliphatic carbocycles. The fraction of sp³-hybridized carbons (Fsp3) is 0.188. The number of hydrogen-bond donors (Lipinski definition) is 1. The highest BCUT2D eigenvalue weighted by molar-refractivity contribution is 9.10. The van der Waals surface area contributed by atoms with Crippen molar-refractivity contribution in [2.75, 3.05) is 26.0 Å². The summed E-state index contributed by atoms with van der Waals surface area (Å²) in [5, 5.41) is 2.56. The zero-order valence-electron chi connectivity index (χ0n) is 13.5. The largest absolute Gasteiger partial charge is 0.483 e. The van der Waals surface area contributed by atoms with Crippen LogP contribution < -0.4 is 10.1 Å². The van der Waals surface area contributed by atoms with Crippen LogP contribution in [0.4, 0.5) is 10.1 Å². The van der Waals surface area contributed by atoms with E-state index in [1.165, 1.54) is 50.5 Å². The SMILES string of the molecule is CN(C)S(=O)(=O)c1cccc(NC(=O)COc2ccc(F)cc2Br)c1. The Kier molecular flexibility index (Phi) is 6.15. The molecule has 2 aromatic rings. The maximum Gasteiger partial charge on any atom is 0.262 e. The molecule has 9 heteroatoms. The molecule has 0 fully saturated rings. The fourth-order valence-corrected chi connectivity index (χ4v) is 3.29. The molecule has 1 amide bonds. The first-order valence-electron chi connectivity index (χ1n) is 7.10. The zero-order chi connectivity index (χ0) is 18.6. The van der Waals surface area contributed by atoms with Gasteiger partial charge in [0.25, 0.3) is 5.91 Å². The van der Waals surface area contributed by atoms with Crippen LogP contribution in [0.5, 0.6) is 5.75 Å². The summed E-state index contributed by atoms with van der Waals surface area (Å²) in [7, 11) is -0.740. The van der Waals surface area contributed by atoms with Gasteiger partial charge in [0.05, 0.1) is 9.37 Å². The van der Waals surface area contributed by atoms with Crippen molar-refractivity contribution >= 4 is 37.5 Å². The minimum absolute atomic E-state index is 0.0671. The lowest BCUT2D eigenvalue weighted by atomic mass is 10.3. The Hall–Kier alpha value is -1.97. The number of rotatable bonds is 6. The van der Waals surface area contributed by atoms with Crippen LogP contribution in [0.15, 0.2) is 51.8 Å². The number of carbonyl (C=O) groups excluding carboxylic acids is 1. The third kappa shape index (κ3) is 5.00. The van der Waals surface area contributed by atoms with Crippen molar-refractivity contribution < 1.29 is 22.3 Å². The molecule has 134 valence electrons. The van der Waals surface area contributed by atoms with Gasteiger partial charge in [-0.05, 0) is 52.3 Å². The summed E-state index contributed by atoms with van der Waals surface area (Å²) in [5.41, 5.74) is 0.328. The van der Waals surface area contributed by atoms with E-state index in [2.05, 4.69) is 21.2 Å². The highest BCUT2D eigenvalue weighted by Crippen LogP contribution is 2.25. The minimum atomic E-state index is -3.59. The highest BCUT2D eigenvalue weighted by Gasteiger charge is 2.17. The van der Waals surface area contributed by atoms with Crippen LogP contribution in [0.2, 0.25) is 0 Å². The van der Waals surface area contributed by atoms with Crippen LogP contribution in [0.25, 0.3) is 0 Å². The van der Waals surface area contributed by atoms with Gasteiger partial charge in [0.15, 0.2) is 6.61 Å². The summed E-state index contributed by atoms with van der Waals surface area (Å²) in [5.74, 6) is -0.585. The maximum atomic E-state index is 13.0. The average molecular weight is 431 g/mol. The number of nitrogens with one attached hydrogen (secondary N) is 1. The summed E-state index contributed by atoms with van der Waals surface area (Å²) < 4.78 is 44.0. The molecule has 1 N–H and O–H groups in total. The first kappa shape index (κ1) is 19.4. The molecular weight excluding hydrogens is 415 g/mol. The molecule has 2 rings (SSSR count). The zero-order valence-corrected chi connectivity index (χ0v) is 15.9. The fourth-order valence-electron chi connectivity index (χ4n) is 1.88. The Labute approximate surface area is 153 Å². The van der Waals surface area contributed by atoms with Gasteiger partial charge in [-0.15, -0.1) is 0 Å². The van der Waals surface area contributed by atoms with Crippen molar-refractivity contribution in [3.63, 3.8) is 0 Å². The number of carbonyl (C=O) groups is 1. The number of anilines is 1.